The maximum Gasteiger partial charge on any atom is 0.472 e. The van der Waals surface area contributed by atoms with Crippen LogP contribution in [0.5, 0.6) is 0 Å². The molecule has 58 heavy (non-hydrogen) atoms. The molecule has 0 saturated carbocycles. The fraction of sp³-hybridized carbons (Fsp3) is 0.833. The van der Waals surface area contributed by atoms with E-state index in [0.717, 1.165) is 64.2 Å². The highest BCUT2D eigenvalue weighted by Crippen LogP contribution is 2.42. The fourth-order valence-corrected chi connectivity index (χ4v) is 7.51. The smallest absolute Gasteiger partial charge is 0.463 e. The number of allylic oxidation sites excluding steroid dienone is 6. The Morgan fingerprint density at radius 3 is 1.48 bits per heavy atom. The van der Waals surface area contributed by atoms with Crippen LogP contribution >= 0.6 is 7.82 Å². The predicted octanol–water partition coefficient (Wildman–Crippen LogP) is 13.7. The van der Waals surface area contributed by atoms with Crippen LogP contribution in [0.4, 0.5) is 0 Å². The molecule has 0 aliphatic heterocycles. The molecule has 0 aliphatic rings. The van der Waals surface area contributed by atoms with Gasteiger partial charge in [-0.25, -0.2) is 4.57 Å². The number of hydrogen-bond donors (Lipinski definition) is 3. The topological polar surface area (TPSA) is 131 Å². The maximum absolute atomic E-state index is 12.1. The second-order valence-corrected chi connectivity index (χ2v) is 17.5. The van der Waals surface area contributed by atoms with Crippen LogP contribution in [0.1, 0.15) is 226 Å². The molecular formula is C48H90NO8P. The summed E-state index contributed by atoms with van der Waals surface area (Å²) in [5.41, 5.74) is 0. The molecule has 0 radical (unpaired) electrons. The van der Waals surface area contributed by atoms with Gasteiger partial charge in [-0.1, -0.05) is 204 Å². The number of phosphoric ester groups is 1. The van der Waals surface area contributed by atoms with Gasteiger partial charge in [0.25, 0.3) is 0 Å². The highest BCUT2D eigenvalue weighted by Gasteiger charge is 2.23. The normalized spacial score (nSPS) is 13.5. The van der Waals surface area contributed by atoms with Crippen molar-refractivity contribution in [3.63, 3.8) is 0 Å². The van der Waals surface area contributed by atoms with E-state index >= 15 is 0 Å². The van der Waals surface area contributed by atoms with Crippen molar-refractivity contribution in [2.45, 2.75) is 232 Å². The lowest BCUT2D eigenvalue weighted by Crippen LogP contribution is -2.27. The Kier molecular flexibility index (Phi) is 43.4. The van der Waals surface area contributed by atoms with Crippen LogP contribution in [0.3, 0.4) is 0 Å². The van der Waals surface area contributed by atoms with Crippen molar-refractivity contribution in [2.75, 3.05) is 26.4 Å². The SMILES string of the molecule is CC/C=C\C/C=C\C/C=C\CCCCCC(=O)NCCOP(=O)(O)OCC(O)COC(=O)CCCCCCCCCCCCCCCCCCCCCCCCCC. The van der Waals surface area contributed by atoms with Crippen molar-refractivity contribution >= 4 is 19.7 Å². The Morgan fingerprint density at radius 2 is 0.983 bits per heavy atom. The van der Waals surface area contributed by atoms with Crippen LogP contribution in [0.15, 0.2) is 36.5 Å². The van der Waals surface area contributed by atoms with E-state index in [0.29, 0.717) is 6.42 Å². The number of unbranched alkanes of at least 4 members (excludes halogenated alkanes) is 26. The lowest BCUT2D eigenvalue weighted by molar-refractivity contribution is -0.147. The van der Waals surface area contributed by atoms with Crippen molar-refractivity contribution in [2.24, 2.45) is 0 Å². The zero-order valence-electron chi connectivity index (χ0n) is 37.5. The minimum atomic E-state index is -4.42. The summed E-state index contributed by atoms with van der Waals surface area (Å²) in [6.45, 7) is 3.43. The molecule has 0 aromatic carbocycles. The Balaban J connectivity index is 3.53. The zero-order valence-corrected chi connectivity index (χ0v) is 38.4. The van der Waals surface area contributed by atoms with Gasteiger partial charge in [-0.05, 0) is 44.9 Å². The standard InChI is InChI=1S/C48H90NO8P/c1-3-5-7-9-11-13-15-17-18-19-20-21-22-23-24-25-26-27-29-31-33-35-37-39-41-48(52)55-44-46(50)45-57-58(53,54)56-43-42-49-47(51)40-38-36-34-32-30-28-16-14-12-10-8-6-4-2/h6,8,12,14,28,30,46,50H,3-5,7,9-11,13,15-27,29,31-45H2,1-2H3,(H,49,51)(H,53,54)/b8-6-,14-12-,30-28-. The lowest BCUT2D eigenvalue weighted by atomic mass is 10.0. The van der Waals surface area contributed by atoms with E-state index in [1.54, 1.807) is 0 Å². The van der Waals surface area contributed by atoms with Crippen molar-refractivity contribution in [1.82, 2.24) is 5.32 Å². The van der Waals surface area contributed by atoms with Crippen LogP contribution in [0.25, 0.3) is 0 Å². The first kappa shape index (κ1) is 56.2. The van der Waals surface area contributed by atoms with E-state index < -0.39 is 26.5 Å². The third-order valence-corrected chi connectivity index (χ3v) is 11.3. The highest BCUT2D eigenvalue weighted by atomic mass is 31.2. The van der Waals surface area contributed by atoms with Gasteiger partial charge in [-0.2, -0.15) is 0 Å². The van der Waals surface area contributed by atoms with Gasteiger partial charge < -0.3 is 20.1 Å². The summed E-state index contributed by atoms with van der Waals surface area (Å²) in [6.07, 6.45) is 51.0. The Morgan fingerprint density at radius 1 is 0.552 bits per heavy atom. The number of carbonyl (C=O) groups is 2. The summed E-state index contributed by atoms with van der Waals surface area (Å²) >= 11 is 0. The van der Waals surface area contributed by atoms with Crippen LogP contribution < -0.4 is 5.32 Å². The van der Waals surface area contributed by atoms with Gasteiger partial charge in [0.15, 0.2) is 0 Å². The third-order valence-electron chi connectivity index (χ3n) is 10.3. The molecule has 0 bridgehead atoms. The second-order valence-electron chi connectivity index (χ2n) is 16.1. The Bertz CT molecular complexity index is 1050. The zero-order chi connectivity index (χ0) is 42.5. The number of aliphatic hydroxyl groups excluding tert-OH is 1. The van der Waals surface area contributed by atoms with Gasteiger partial charge in [0.05, 0.1) is 13.2 Å². The minimum Gasteiger partial charge on any atom is -0.463 e. The molecule has 0 heterocycles. The summed E-state index contributed by atoms with van der Waals surface area (Å²) in [5, 5.41) is 12.7. The molecule has 2 atom stereocenters. The quantitative estimate of drug-likeness (QED) is 0.0239. The number of esters is 1. The van der Waals surface area contributed by atoms with Crippen molar-refractivity contribution < 1.29 is 37.9 Å². The molecule has 10 heteroatoms. The average Bonchev–Trinajstić information content (AvgIpc) is 3.21. The number of hydrogen-bond acceptors (Lipinski definition) is 7. The maximum atomic E-state index is 12.1. The molecule has 0 spiro atoms. The number of nitrogens with one attached hydrogen (secondary N) is 1. The van der Waals surface area contributed by atoms with E-state index in [2.05, 4.69) is 55.6 Å². The Labute approximate surface area is 356 Å². The molecule has 1 amide bonds. The summed E-state index contributed by atoms with van der Waals surface area (Å²) in [6, 6.07) is 0. The number of ether oxygens (including phenoxy) is 1. The molecule has 3 N–H and O–H groups in total. The number of rotatable bonds is 45. The van der Waals surface area contributed by atoms with Gasteiger partial charge in [-0.3, -0.25) is 18.6 Å². The number of aliphatic hydroxyl groups is 1. The van der Waals surface area contributed by atoms with Gasteiger partial charge in [-0.15, -0.1) is 0 Å². The molecule has 0 aromatic heterocycles. The number of carbonyl (C=O) groups excluding carboxylic acids is 2. The molecule has 340 valence electrons. The van der Waals surface area contributed by atoms with E-state index in [1.165, 1.54) is 135 Å². The molecule has 2 unspecified atom stereocenters. The fourth-order valence-electron chi connectivity index (χ4n) is 6.75. The summed E-state index contributed by atoms with van der Waals surface area (Å²) in [5.74, 6) is -0.540. The molecular weight excluding hydrogens is 750 g/mol. The van der Waals surface area contributed by atoms with Gasteiger partial charge >= 0.3 is 13.8 Å². The number of amides is 1. The Hall–Kier alpha value is -1.77. The second kappa shape index (κ2) is 44.8. The lowest BCUT2D eigenvalue weighted by Gasteiger charge is -2.15. The van der Waals surface area contributed by atoms with Gasteiger partial charge in [0.1, 0.15) is 12.7 Å². The van der Waals surface area contributed by atoms with Gasteiger partial charge in [0, 0.05) is 19.4 Å². The van der Waals surface area contributed by atoms with E-state index in [4.69, 9.17) is 13.8 Å². The van der Waals surface area contributed by atoms with Crippen molar-refractivity contribution in [1.29, 1.82) is 0 Å². The molecule has 0 aliphatic carbocycles. The molecule has 0 aromatic rings. The van der Waals surface area contributed by atoms with Gasteiger partial charge in [0.2, 0.25) is 5.91 Å². The van der Waals surface area contributed by atoms with Crippen LogP contribution in [0.2, 0.25) is 0 Å². The summed E-state index contributed by atoms with van der Waals surface area (Å²) in [7, 11) is -4.42. The summed E-state index contributed by atoms with van der Waals surface area (Å²) < 4.78 is 26.9. The molecule has 0 fully saturated rings. The molecule has 9 nitrogen and oxygen atoms in total. The first-order chi connectivity index (χ1) is 28.3. The molecule has 0 rings (SSSR count). The first-order valence-electron chi connectivity index (χ1n) is 24.0. The minimum absolute atomic E-state index is 0.0665. The monoisotopic (exact) mass is 840 g/mol. The van der Waals surface area contributed by atoms with Crippen molar-refractivity contribution in [3.05, 3.63) is 36.5 Å². The van der Waals surface area contributed by atoms with E-state index in [1.807, 2.05) is 0 Å². The summed E-state index contributed by atoms with van der Waals surface area (Å²) in [4.78, 5) is 33.9. The van der Waals surface area contributed by atoms with Crippen LogP contribution in [0, 0.1) is 0 Å². The largest absolute Gasteiger partial charge is 0.472 e. The van der Waals surface area contributed by atoms with E-state index in [9.17, 15) is 24.2 Å². The first-order valence-corrected chi connectivity index (χ1v) is 25.5. The van der Waals surface area contributed by atoms with E-state index in [-0.39, 0.29) is 32.1 Å². The van der Waals surface area contributed by atoms with Crippen molar-refractivity contribution in [3.8, 4) is 0 Å². The number of phosphoric acid groups is 1. The highest BCUT2D eigenvalue weighted by molar-refractivity contribution is 7.47. The predicted molar refractivity (Wildman–Crippen MR) is 243 cm³/mol. The van der Waals surface area contributed by atoms with Crippen LogP contribution in [-0.2, 0) is 27.9 Å². The third kappa shape index (κ3) is 45.3. The average molecular weight is 840 g/mol. The van der Waals surface area contributed by atoms with Crippen LogP contribution in [-0.4, -0.2) is 54.3 Å². The molecule has 0 saturated heterocycles.